The van der Waals surface area contributed by atoms with Gasteiger partial charge in [0.05, 0.1) is 0 Å². The molecule has 4 fully saturated rings. The quantitative estimate of drug-likeness (QED) is 0.315. The average Bonchev–Trinajstić information content (AvgIpc) is 3.17. The van der Waals surface area contributed by atoms with Gasteiger partial charge in [0.25, 0.3) is 0 Å². The third-order valence-electron chi connectivity index (χ3n) is 9.49. The van der Waals surface area contributed by atoms with E-state index in [-0.39, 0.29) is 0 Å². The maximum Gasteiger partial charge on any atom is 0.0132 e. The number of halogens is 1. The Balaban J connectivity index is 1.50. The predicted molar refractivity (Wildman–Crippen MR) is 121 cm³/mol. The fourth-order valence-electron chi connectivity index (χ4n) is 8.52. The van der Waals surface area contributed by atoms with Crippen molar-refractivity contribution >= 4 is 22.6 Å². The minimum Gasteiger partial charge on any atom is -0.297 e. The van der Waals surface area contributed by atoms with Gasteiger partial charge in [0.15, 0.2) is 0 Å². The molecule has 3 aliphatic carbocycles. The van der Waals surface area contributed by atoms with Crippen LogP contribution >= 0.6 is 22.6 Å². The number of hydrogen-bond acceptors (Lipinski definition) is 1. The summed E-state index contributed by atoms with van der Waals surface area (Å²) in [6.45, 7) is 8.83. The first kappa shape index (κ1) is 20.0. The molecule has 1 aliphatic heterocycles. The summed E-state index contributed by atoms with van der Waals surface area (Å²) in [5.74, 6) is 7.37. The number of rotatable bonds is 5. The zero-order valence-electron chi connectivity index (χ0n) is 17.5. The van der Waals surface area contributed by atoms with Crippen molar-refractivity contribution in [2.75, 3.05) is 11.0 Å². The number of alkyl halides is 1. The van der Waals surface area contributed by atoms with E-state index in [0.717, 1.165) is 53.5 Å². The lowest BCUT2D eigenvalue weighted by atomic mass is 9.58. The molecule has 0 amide bonds. The smallest absolute Gasteiger partial charge is 0.0132 e. The Kier molecular flexibility index (Phi) is 6.60. The molecule has 26 heavy (non-hydrogen) atoms. The highest BCUT2D eigenvalue weighted by Gasteiger charge is 2.56. The predicted octanol–water partition coefficient (Wildman–Crippen LogP) is 6.79. The molecule has 150 valence electrons. The number of nitrogens with zero attached hydrogens (tertiary/aromatic N) is 1. The van der Waals surface area contributed by atoms with Crippen molar-refractivity contribution in [1.29, 1.82) is 0 Å². The summed E-state index contributed by atoms with van der Waals surface area (Å²) in [5, 5.41) is 0. The Morgan fingerprint density at radius 1 is 0.846 bits per heavy atom. The van der Waals surface area contributed by atoms with Crippen molar-refractivity contribution < 1.29 is 0 Å². The van der Waals surface area contributed by atoms with E-state index in [2.05, 4.69) is 48.3 Å². The van der Waals surface area contributed by atoms with Gasteiger partial charge in [-0.05, 0) is 86.5 Å². The van der Waals surface area contributed by atoms with Gasteiger partial charge in [0.2, 0.25) is 0 Å². The second-order valence-electron chi connectivity index (χ2n) is 10.2. The van der Waals surface area contributed by atoms with Crippen LogP contribution < -0.4 is 0 Å². The second-order valence-corrected chi connectivity index (χ2v) is 11.3. The normalized spacial score (nSPS) is 49.2. The molecule has 4 aliphatic rings. The summed E-state index contributed by atoms with van der Waals surface area (Å²) in [4.78, 5) is 2.95. The maximum atomic E-state index is 2.95. The van der Waals surface area contributed by atoms with Gasteiger partial charge in [0, 0.05) is 16.5 Å². The molecule has 0 bridgehead atoms. The number of likely N-dealkylation sites (tertiary alicyclic amines) is 1. The average molecular weight is 472 g/mol. The van der Waals surface area contributed by atoms with E-state index >= 15 is 0 Å². The van der Waals surface area contributed by atoms with Gasteiger partial charge < -0.3 is 0 Å². The van der Waals surface area contributed by atoms with E-state index in [1.54, 1.807) is 25.7 Å². The molecule has 2 heteroatoms. The van der Waals surface area contributed by atoms with Crippen LogP contribution in [0.15, 0.2) is 0 Å². The standard InChI is InChI=1S/C24H42IN/c1-4-18-20(19-9-7-6-8-16(19)3)10-11-21-22(18)15-24-23(21)14-17(12-13-25)26(24)5-2/h16-24H,4-15H2,1-3H3/t16?,17-,18?,19?,20?,21?,22?,23?,24?/m1/s1. The monoisotopic (exact) mass is 471 g/mol. The van der Waals surface area contributed by atoms with E-state index in [1.807, 2.05) is 0 Å². The van der Waals surface area contributed by atoms with Crippen LogP contribution in [0.1, 0.15) is 85.0 Å². The Morgan fingerprint density at radius 2 is 1.62 bits per heavy atom. The Morgan fingerprint density at radius 3 is 2.31 bits per heavy atom. The van der Waals surface area contributed by atoms with Crippen molar-refractivity contribution in [3.05, 3.63) is 0 Å². The highest BCUT2D eigenvalue weighted by Crippen LogP contribution is 2.59. The maximum absolute atomic E-state index is 2.95. The Hall–Kier alpha value is 0.690. The van der Waals surface area contributed by atoms with Gasteiger partial charge >= 0.3 is 0 Å². The molecule has 1 heterocycles. The molecule has 0 N–H and O–H groups in total. The first-order chi connectivity index (χ1) is 12.7. The zero-order chi connectivity index (χ0) is 18.3. The van der Waals surface area contributed by atoms with Crippen LogP contribution in [0.25, 0.3) is 0 Å². The molecule has 8 unspecified atom stereocenters. The lowest BCUT2D eigenvalue weighted by Gasteiger charge is -2.47. The Labute approximate surface area is 176 Å². The van der Waals surface area contributed by atoms with E-state index in [9.17, 15) is 0 Å². The molecule has 0 aromatic carbocycles. The number of fused-ring (bicyclic) bond motifs is 3. The lowest BCUT2D eigenvalue weighted by molar-refractivity contribution is 0.0185. The summed E-state index contributed by atoms with van der Waals surface area (Å²) in [7, 11) is 0. The van der Waals surface area contributed by atoms with Crippen molar-refractivity contribution in [3.63, 3.8) is 0 Å². The molecule has 3 saturated carbocycles. The number of hydrogen-bond donors (Lipinski definition) is 0. The summed E-state index contributed by atoms with van der Waals surface area (Å²) < 4.78 is 1.34. The SMILES string of the molecule is CCC1C(C2CCCCC2C)CCC2C1CC1C2C[C@@H](CCI)N1CC. The van der Waals surface area contributed by atoms with Crippen LogP contribution in [-0.2, 0) is 0 Å². The van der Waals surface area contributed by atoms with Crippen molar-refractivity contribution in [2.24, 2.45) is 41.4 Å². The van der Waals surface area contributed by atoms with Gasteiger partial charge in [0.1, 0.15) is 0 Å². The molecular weight excluding hydrogens is 429 g/mol. The summed E-state index contributed by atoms with van der Waals surface area (Å²) in [6.07, 6.45) is 15.2. The summed E-state index contributed by atoms with van der Waals surface area (Å²) in [5.41, 5.74) is 0. The van der Waals surface area contributed by atoms with Crippen LogP contribution in [0.2, 0.25) is 0 Å². The first-order valence-corrected chi connectivity index (χ1v) is 13.5. The molecule has 9 atom stereocenters. The van der Waals surface area contributed by atoms with Crippen molar-refractivity contribution in [3.8, 4) is 0 Å². The summed E-state index contributed by atoms with van der Waals surface area (Å²) in [6, 6.07) is 1.85. The van der Waals surface area contributed by atoms with E-state index in [1.165, 1.54) is 49.5 Å². The molecule has 1 saturated heterocycles. The van der Waals surface area contributed by atoms with Gasteiger partial charge in [-0.3, -0.25) is 4.90 Å². The van der Waals surface area contributed by atoms with Crippen LogP contribution in [0.3, 0.4) is 0 Å². The fourth-order valence-corrected chi connectivity index (χ4v) is 9.24. The largest absolute Gasteiger partial charge is 0.297 e. The highest BCUT2D eigenvalue weighted by atomic mass is 127. The third-order valence-corrected chi connectivity index (χ3v) is 10.1. The topological polar surface area (TPSA) is 3.24 Å². The lowest BCUT2D eigenvalue weighted by Crippen LogP contribution is -2.40. The van der Waals surface area contributed by atoms with Crippen LogP contribution in [0, 0.1) is 41.4 Å². The van der Waals surface area contributed by atoms with Gasteiger partial charge in [-0.2, -0.15) is 0 Å². The van der Waals surface area contributed by atoms with E-state index < -0.39 is 0 Å². The van der Waals surface area contributed by atoms with Gasteiger partial charge in [-0.15, -0.1) is 0 Å². The van der Waals surface area contributed by atoms with Gasteiger partial charge in [-0.25, -0.2) is 0 Å². The minimum atomic E-state index is 0.906. The van der Waals surface area contributed by atoms with Crippen LogP contribution in [0.5, 0.6) is 0 Å². The molecule has 0 spiro atoms. The molecule has 1 nitrogen and oxygen atoms in total. The Bertz CT molecular complexity index is 465. The van der Waals surface area contributed by atoms with Crippen molar-refractivity contribution in [1.82, 2.24) is 4.90 Å². The molecule has 0 aromatic heterocycles. The van der Waals surface area contributed by atoms with E-state index in [4.69, 9.17) is 0 Å². The zero-order valence-corrected chi connectivity index (χ0v) is 19.7. The molecule has 0 aromatic rings. The summed E-state index contributed by atoms with van der Waals surface area (Å²) >= 11 is 2.60. The van der Waals surface area contributed by atoms with Gasteiger partial charge in [-0.1, -0.05) is 69.0 Å². The van der Waals surface area contributed by atoms with Crippen LogP contribution in [-0.4, -0.2) is 28.0 Å². The second kappa shape index (κ2) is 8.59. The fraction of sp³-hybridized carbons (Fsp3) is 1.00. The molecule has 0 radical (unpaired) electrons. The molecule has 4 rings (SSSR count). The van der Waals surface area contributed by atoms with Crippen molar-refractivity contribution in [2.45, 2.75) is 97.1 Å². The van der Waals surface area contributed by atoms with Crippen LogP contribution in [0.4, 0.5) is 0 Å². The van der Waals surface area contributed by atoms with E-state index in [0.29, 0.717) is 0 Å². The molecular formula is C24H42IN. The minimum absolute atomic E-state index is 0.906. The first-order valence-electron chi connectivity index (χ1n) is 12.0. The highest BCUT2D eigenvalue weighted by molar-refractivity contribution is 14.1. The third kappa shape index (κ3) is 3.42.